The molecule has 4 rings (SSSR count). The highest BCUT2D eigenvalue weighted by Crippen LogP contribution is 2.32. The predicted molar refractivity (Wildman–Crippen MR) is 120 cm³/mol. The molecule has 1 saturated heterocycles. The average Bonchev–Trinajstić information content (AvgIpc) is 2.79. The second-order valence-corrected chi connectivity index (χ2v) is 8.19. The number of carboxylic acid groups (broad SMARTS) is 1. The molecule has 0 amide bonds. The van der Waals surface area contributed by atoms with Crippen molar-refractivity contribution in [1.82, 2.24) is 9.97 Å². The Morgan fingerprint density at radius 1 is 1.23 bits per heavy atom. The van der Waals surface area contributed by atoms with E-state index in [1.54, 1.807) is 19.2 Å². The summed E-state index contributed by atoms with van der Waals surface area (Å²) in [6, 6.07) is 5.68. The van der Waals surface area contributed by atoms with Crippen molar-refractivity contribution in [3.63, 3.8) is 0 Å². The summed E-state index contributed by atoms with van der Waals surface area (Å²) in [5, 5.41) is 21.5. The zero-order valence-corrected chi connectivity index (χ0v) is 17.9. The molecule has 31 heavy (non-hydrogen) atoms. The summed E-state index contributed by atoms with van der Waals surface area (Å²) < 4.78 is 5.40. The fraction of sp³-hybridized carbons (Fsp3) is 0.478. The first-order chi connectivity index (χ1) is 15.0. The van der Waals surface area contributed by atoms with Gasteiger partial charge < -0.3 is 25.5 Å². The van der Waals surface area contributed by atoms with E-state index >= 15 is 0 Å². The lowest BCUT2D eigenvalue weighted by atomic mass is 9.94. The predicted octanol–water partition coefficient (Wildman–Crippen LogP) is 3.81. The average molecular weight is 424 g/mol. The van der Waals surface area contributed by atoms with Gasteiger partial charge in [-0.05, 0) is 43.5 Å². The first-order valence-electron chi connectivity index (χ1n) is 10.9. The molecule has 2 fully saturated rings. The standard InChI is InChI=1S/C23H29N5O3/c1-15(24)21-18(16-7-8-20(25-14-16)28-9-11-31-12-10-28)13-19(23(29)30)27-22(21)26-17-5-3-2-4-6-17/h7-8,13-14,17,24H,2-6,9-12H2,1H3,(H,26,27)(H,29,30). The SMILES string of the molecule is CC(=N)c1c(-c2ccc(N3CCOCC3)nc2)cc(C(=O)O)nc1NC1CCCCC1. The Morgan fingerprint density at radius 3 is 2.58 bits per heavy atom. The topological polar surface area (TPSA) is 111 Å². The molecular formula is C23H29N5O3. The van der Waals surface area contributed by atoms with Crippen LogP contribution in [0.1, 0.15) is 55.1 Å². The van der Waals surface area contributed by atoms with Gasteiger partial charge in [-0.1, -0.05) is 19.3 Å². The van der Waals surface area contributed by atoms with Crippen LogP contribution in [0, 0.1) is 5.41 Å². The van der Waals surface area contributed by atoms with Gasteiger partial charge in [-0.2, -0.15) is 0 Å². The number of hydrogen-bond donors (Lipinski definition) is 3. The number of morpholine rings is 1. The molecule has 0 aromatic carbocycles. The van der Waals surface area contributed by atoms with Crippen LogP contribution in [0.25, 0.3) is 11.1 Å². The van der Waals surface area contributed by atoms with Crippen molar-refractivity contribution in [2.75, 3.05) is 36.5 Å². The van der Waals surface area contributed by atoms with Gasteiger partial charge in [0.1, 0.15) is 11.6 Å². The highest BCUT2D eigenvalue weighted by molar-refractivity contribution is 6.07. The van der Waals surface area contributed by atoms with Crippen molar-refractivity contribution in [3.05, 3.63) is 35.7 Å². The van der Waals surface area contributed by atoms with E-state index in [-0.39, 0.29) is 11.7 Å². The van der Waals surface area contributed by atoms with Gasteiger partial charge in [-0.25, -0.2) is 14.8 Å². The summed E-state index contributed by atoms with van der Waals surface area (Å²) in [4.78, 5) is 22.9. The van der Waals surface area contributed by atoms with Crippen molar-refractivity contribution >= 4 is 23.3 Å². The Labute approximate surface area is 182 Å². The maximum atomic E-state index is 11.8. The molecule has 0 spiro atoms. The molecule has 1 aliphatic carbocycles. The molecule has 8 heteroatoms. The molecule has 0 radical (unpaired) electrons. The van der Waals surface area contributed by atoms with E-state index in [1.807, 2.05) is 12.1 Å². The molecule has 2 aromatic heterocycles. The van der Waals surface area contributed by atoms with Gasteiger partial charge in [0.05, 0.1) is 13.2 Å². The number of aromatic nitrogens is 2. The number of carbonyl (C=O) groups is 1. The van der Waals surface area contributed by atoms with E-state index in [1.165, 1.54) is 6.42 Å². The van der Waals surface area contributed by atoms with Gasteiger partial charge in [-0.15, -0.1) is 0 Å². The van der Waals surface area contributed by atoms with E-state index in [9.17, 15) is 9.90 Å². The lowest BCUT2D eigenvalue weighted by molar-refractivity contribution is 0.0690. The highest BCUT2D eigenvalue weighted by Gasteiger charge is 2.22. The van der Waals surface area contributed by atoms with Gasteiger partial charge >= 0.3 is 5.97 Å². The Balaban J connectivity index is 1.72. The zero-order chi connectivity index (χ0) is 21.8. The first-order valence-corrected chi connectivity index (χ1v) is 10.9. The summed E-state index contributed by atoms with van der Waals surface area (Å²) >= 11 is 0. The largest absolute Gasteiger partial charge is 0.477 e. The number of carboxylic acids is 1. The van der Waals surface area contributed by atoms with Crippen LogP contribution in [-0.4, -0.2) is 59.1 Å². The fourth-order valence-corrected chi connectivity index (χ4v) is 4.33. The Kier molecular flexibility index (Phi) is 6.46. The lowest BCUT2D eigenvalue weighted by Crippen LogP contribution is -2.36. The molecule has 3 N–H and O–H groups in total. The number of pyridine rings is 2. The first kappa shape index (κ1) is 21.2. The fourth-order valence-electron chi connectivity index (χ4n) is 4.33. The molecule has 1 aliphatic heterocycles. The number of anilines is 2. The maximum Gasteiger partial charge on any atom is 0.354 e. The molecule has 1 saturated carbocycles. The Hall–Kier alpha value is -3.00. The van der Waals surface area contributed by atoms with E-state index in [4.69, 9.17) is 10.1 Å². The number of aromatic carboxylic acids is 1. The third-order valence-corrected chi connectivity index (χ3v) is 5.95. The smallest absolute Gasteiger partial charge is 0.354 e. The number of ether oxygens (including phenoxy) is 1. The van der Waals surface area contributed by atoms with Crippen LogP contribution in [0.5, 0.6) is 0 Å². The third kappa shape index (κ3) is 4.85. The summed E-state index contributed by atoms with van der Waals surface area (Å²) in [6.07, 6.45) is 7.33. The number of hydrogen-bond acceptors (Lipinski definition) is 7. The van der Waals surface area contributed by atoms with E-state index in [0.717, 1.165) is 50.2 Å². The summed E-state index contributed by atoms with van der Waals surface area (Å²) in [7, 11) is 0. The van der Waals surface area contributed by atoms with Crippen molar-refractivity contribution in [1.29, 1.82) is 5.41 Å². The zero-order valence-electron chi connectivity index (χ0n) is 17.9. The van der Waals surface area contributed by atoms with E-state index in [0.29, 0.717) is 35.9 Å². The molecule has 0 atom stereocenters. The molecule has 0 unspecified atom stereocenters. The lowest BCUT2D eigenvalue weighted by Gasteiger charge is -2.28. The minimum Gasteiger partial charge on any atom is -0.477 e. The summed E-state index contributed by atoms with van der Waals surface area (Å²) in [5.74, 6) is 0.264. The van der Waals surface area contributed by atoms with Gasteiger partial charge in [0.25, 0.3) is 0 Å². The summed E-state index contributed by atoms with van der Waals surface area (Å²) in [6.45, 7) is 4.67. The third-order valence-electron chi connectivity index (χ3n) is 5.95. The minimum absolute atomic E-state index is 0.0319. The van der Waals surface area contributed by atoms with Crippen molar-refractivity contribution < 1.29 is 14.6 Å². The summed E-state index contributed by atoms with van der Waals surface area (Å²) in [5.41, 5.74) is 2.39. The normalized spacial score (nSPS) is 17.4. The number of nitrogens with zero attached hydrogens (tertiary/aromatic N) is 3. The Bertz CT molecular complexity index is 948. The van der Waals surface area contributed by atoms with Crippen LogP contribution in [0.4, 0.5) is 11.6 Å². The van der Waals surface area contributed by atoms with Gasteiger partial charge in [0.15, 0.2) is 5.69 Å². The molecular weight excluding hydrogens is 394 g/mol. The second-order valence-electron chi connectivity index (χ2n) is 8.19. The quantitative estimate of drug-likeness (QED) is 0.606. The van der Waals surface area contributed by atoms with E-state index < -0.39 is 5.97 Å². The maximum absolute atomic E-state index is 11.8. The minimum atomic E-state index is -1.08. The van der Waals surface area contributed by atoms with Crippen molar-refractivity contribution in [2.24, 2.45) is 0 Å². The number of nitrogens with one attached hydrogen (secondary N) is 2. The van der Waals surface area contributed by atoms with Gasteiger partial charge in [-0.3, -0.25) is 0 Å². The van der Waals surface area contributed by atoms with Crippen LogP contribution in [0.3, 0.4) is 0 Å². The van der Waals surface area contributed by atoms with E-state index in [2.05, 4.69) is 20.2 Å². The number of rotatable bonds is 6. The van der Waals surface area contributed by atoms with Crippen molar-refractivity contribution in [2.45, 2.75) is 45.1 Å². The molecule has 2 aromatic rings. The van der Waals surface area contributed by atoms with Crippen LogP contribution in [-0.2, 0) is 4.74 Å². The van der Waals surface area contributed by atoms with Crippen molar-refractivity contribution in [3.8, 4) is 11.1 Å². The highest BCUT2D eigenvalue weighted by atomic mass is 16.5. The Morgan fingerprint density at radius 2 is 1.97 bits per heavy atom. The van der Waals surface area contributed by atoms with Crippen LogP contribution in [0.2, 0.25) is 0 Å². The molecule has 0 bridgehead atoms. The molecule has 8 nitrogen and oxygen atoms in total. The molecule has 2 aliphatic rings. The monoisotopic (exact) mass is 423 g/mol. The van der Waals surface area contributed by atoms with Crippen LogP contribution < -0.4 is 10.2 Å². The van der Waals surface area contributed by atoms with Crippen LogP contribution >= 0.6 is 0 Å². The van der Waals surface area contributed by atoms with Crippen LogP contribution in [0.15, 0.2) is 24.4 Å². The van der Waals surface area contributed by atoms with Gasteiger partial charge in [0.2, 0.25) is 0 Å². The van der Waals surface area contributed by atoms with Gasteiger partial charge in [0, 0.05) is 42.2 Å². The molecule has 3 heterocycles. The second kappa shape index (κ2) is 9.43. The molecule has 164 valence electrons.